The number of carbonyl (C=O) groups is 1. The second kappa shape index (κ2) is 4.64. The van der Waals surface area contributed by atoms with Crippen LogP contribution in [0.4, 0.5) is 5.69 Å². The second-order valence-corrected chi connectivity index (χ2v) is 3.38. The molecule has 1 amide bonds. The fourth-order valence-corrected chi connectivity index (χ4v) is 1.32. The Labute approximate surface area is 89.8 Å². The molecular weight excluding hydrogens is 190 g/mol. The molecule has 1 rings (SSSR count). The molecule has 3 nitrogen and oxygen atoms in total. The van der Waals surface area contributed by atoms with E-state index in [1.807, 2.05) is 19.1 Å². The highest BCUT2D eigenvalue weighted by Gasteiger charge is 2.05. The Morgan fingerprint density at radius 2 is 2.07 bits per heavy atom. The van der Waals surface area contributed by atoms with Crippen molar-refractivity contribution in [3.8, 4) is 5.75 Å². The molecule has 15 heavy (non-hydrogen) atoms. The SMILES string of the molecule is C=C(C)c1ccc(NC(C)=O)cc1OC. The van der Waals surface area contributed by atoms with E-state index in [1.54, 1.807) is 13.2 Å². The minimum atomic E-state index is -0.0971. The topological polar surface area (TPSA) is 38.3 Å². The molecule has 1 aromatic rings. The minimum absolute atomic E-state index is 0.0971. The van der Waals surface area contributed by atoms with Gasteiger partial charge in [-0.15, -0.1) is 0 Å². The molecule has 0 aliphatic heterocycles. The Kier molecular flexibility index (Phi) is 3.50. The maximum Gasteiger partial charge on any atom is 0.221 e. The first kappa shape index (κ1) is 11.3. The monoisotopic (exact) mass is 205 g/mol. The zero-order valence-electron chi connectivity index (χ0n) is 9.26. The van der Waals surface area contributed by atoms with Gasteiger partial charge in [0, 0.05) is 24.2 Å². The van der Waals surface area contributed by atoms with E-state index in [2.05, 4.69) is 11.9 Å². The van der Waals surface area contributed by atoms with E-state index in [0.29, 0.717) is 5.75 Å². The third-order valence-corrected chi connectivity index (χ3v) is 1.98. The number of amides is 1. The van der Waals surface area contributed by atoms with Crippen molar-refractivity contribution in [2.75, 3.05) is 12.4 Å². The first-order valence-electron chi connectivity index (χ1n) is 4.66. The van der Waals surface area contributed by atoms with E-state index < -0.39 is 0 Å². The molecule has 1 aromatic carbocycles. The van der Waals surface area contributed by atoms with Gasteiger partial charge in [0.25, 0.3) is 0 Å². The Balaban J connectivity index is 3.07. The summed E-state index contributed by atoms with van der Waals surface area (Å²) < 4.78 is 5.22. The van der Waals surface area contributed by atoms with Gasteiger partial charge >= 0.3 is 0 Å². The average molecular weight is 205 g/mol. The van der Waals surface area contributed by atoms with Crippen LogP contribution in [0.2, 0.25) is 0 Å². The number of hydrogen-bond acceptors (Lipinski definition) is 2. The molecule has 0 saturated carbocycles. The lowest BCUT2D eigenvalue weighted by Crippen LogP contribution is -2.06. The molecule has 0 saturated heterocycles. The van der Waals surface area contributed by atoms with Crippen LogP contribution in [-0.4, -0.2) is 13.0 Å². The summed E-state index contributed by atoms with van der Waals surface area (Å²) in [4.78, 5) is 10.9. The molecule has 80 valence electrons. The number of anilines is 1. The normalized spacial score (nSPS) is 9.53. The maximum absolute atomic E-state index is 10.9. The number of nitrogens with one attached hydrogen (secondary N) is 1. The maximum atomic E-state index is 10.9. The molecule has 0 atom stereocenters. The number of allylic oxidation sites excluding steroid dienone is 1. The summed E-state index contributed by atoms with van der Waals surface area (Å²) in [6.45, 7) is 7.24. The van der Waals surface area contributed by atoms with Crippen LogP contribution < -0.4 is 10.1 Å². The molecule has 0 fully saturated rings. The van der Waals surface area contributed by atoms with Gasteiger partial charge in [0.05, 0.1) is 7.11 Å². The molecule has 1 N–H and O–H groups in total. The van der Waals surface area contributed by atoms with Crippen LogP contribution in [-0.2, 0) is 4.79 Å². The van der Waals surface area contributed by atoms with Crippen molar-refractivity contribution in [2.24, 2.45) is 0 Å². The van der Waals surface area contributed by atoms with E-state index in [-0.39, 0.29) is 5.91 Å². The first-order chi connectivity index (χ1) is 7.04. The smallest absolute Gasteiger partial charge is 0.221 e. The van der Waals surface area contributed by atoms with Crippen molar-refractivity contribution in [3.05, 3.63) is 30.3 Å². The summed E-state index contributed by atoms with van der Waals surface area (Å²) in [5.41, 5.74) is 2.61. The zero-order chi connectivity index (χ0) is 11.4. The van der Waals surface area contributed by atoms with Gasteiger partial charge in [0.1, 0.15) is 5.75 Å². The van der Waals surface area contributed by atoms with Crippen molar-refractivity contribution >= 4 is 17.2 Å². The van der Waals surface area contributed by atoms with Crippen LogP contribution in [0.1, 0.15) is 19.4 Å². The third kappa shape index (κ3) is 2.84. The van der Waals surface area contributed by atoms with Gasteiger partial charge in [-0.05, 0) is 24.6 Å². The highest BCUT2D eigenvalue weighted by Crippen LogP contribution is 2.27. The highest BCUT2D eigenvalue weighted by molar-refractivity contribution is 5.89. The Morgan fingerprint density at radius 3 is 2.53 bits per heavy atom. The Morgan fingerprint density at radius 1 is 1.40 bits per heavy atom. The average Bonchev–Trinajstić information content (AvgIpc) is 2.16. The van der Waals surface area contributed by atoms with Gasteiger partial charge in [-0.2, -0.15) is 0 Å². The van der Waals surface area contributed by atoms with Crippen molar-refractivity contribution in [1.29, 1.82) is 0 Å². The summed E-state index contributed by atoms with van der Waals surface area (Å²) in [5, 5.41) is 2.70. The fourth-order valence-electron chi connectivity index (χ4n) is 1.32. The second-order valence-electron chi connectivity index (χ2n) is 3.38. The van der Waals surface area contributed by atoms with Gasteiger partial charge in [-0.1, -0.05) is 6.58 Å². The molecule has 0 heterocycles. The van der Waals surface area contributed by atoms with E-state index >= 15 is 0 Å². The van der Waals surface area contributed by atoms with Gasteiger partial charge in [0.15, 0.2) is 0 Å². The highest BCUT2D eigenvalue weighted by atomic mass is 16.5. The zero-order valence-corrected chi connectivity index (χ0v) is 9.26. The van der Waals surface area contributed by atoms with Crippen LogP contribution in [0.25, 0.3) is 5.57 Å². The van der Waals surface area contributed by atoms with Gasteiger partial charge < -0.3 is 10.1 Å². The number of benzene rings is 1. The lowest BCUT2D eigenvalue weighted by atomic mass is 10.1. The van der Waals surface area contributed by atoms with Crippen LogP contribution in [0.3, 0.4) is 0 Å². The molecule has 0 aliphatic carbocycles. The Hall–Kier alpha value is -1.77. The molecular formula is C12H15NO2. The quantitative estimate of drug-likeness (QED) is 0.823. The summed E-state index contributed by atoms with van der Waals surface area (Å²) in [5.74, 6) is 0.619. The van der Waals surface area contributed by atoms with Crippen molar-refractivity contribution < 1.29 is 9.53 Å². The fraction of sp³-hybridized carbons (Fsp3) is 0.250. The minimum Gasteiger partial charge on any atom is -0.496 e. The summed E-state index contributed by atoms with van der Waals surface area (Å²) in [6, 6.07) is 5.49. The van der Waals surface area contributed by atoms with Crippen molar-refractivity contribution in [3.63, 3.8) is 0 Å². The molecule has 0 bridgehead atoms. The predicted octanol–water partition coefficient (Wildman–Crippen LogP) is 2.69. The van der Waals surface area contributed by atoms with E-state index in [1.165, 1.54) is 6.92 Å². The molecule has 0 radical (unpaired) electrons. The number of rotatable bonds is 3. The summed E-state index contributed by atoms with van der Waals surface area (Å²) in [7, 11) is 1.60. The van der Waals surface area contributed by atoms with Crippen LogP contribution in [0, 0.1) is 0 Å². The summed E-state index contributed by atoms with van der Waals surface area (Å²) in [6.07, 6.45) is 0. The van der Waals surface area contributed by atoms with Gasteiger partial charge in [0.2, 0.25) is 5.91 Å². The van der Waals surface area contributed by atoms with Crippen molar-refractivity contribution in [1.82, 2.24) is 0 Å². The number of hydrogen-bond donors (Lipinski definition) is 1. The largest absolute Gasteiger partial charge is 0.496 e. The molecule has 0 aromatic heterocycles. The molecule has 0 unspecified atom stereocenters. The lowest BCUT2D eigenvalue weighted by Gasteiger charge is -2.10. The number of ether oxygens (including phenoxy) is 1. The van der Waals surface area contributed by atoms with Crippen molar-refractivity contribution in [2.45, 2.75) is 13.8 Å². The van der Waals surface area contributed by atoms with Crippen LogP contribution >= 0.6 is 0 Å². The van der Waals surface area contributed by atoms with Gasteiger partial charge in [-0.25, -0.2) is 0 Å². The predicted molar refractivity (Wildman–Crippen MR) is 62.0 cm³/mol. The van der Waals surface area contributed by atoms with E-state index in [4.69, 9.17) is 4.74 Å². The van der Waals surface area contributed by atoms with Gasteiger partial charge in [-0.3, -0.25) is 4.79 Å². The van der Waals surface area contributed by atoms with Crippen LogP contribution in [0.15, 0.2) is 24.8 Å². The standard InChI is InChI=1S/C12H15NO2/c1-8(2)11-6-5-10(13-9(3)14)7-12(11)15-4/h5-7H,1H2,2-4H3,(H,13,14). The number of carbonyl (C=O) groups excluding carboxylic acids is 1. The molecule has 0 spiro atoms. The van der Waals surface area contributed by atoms with E-state index in [9.17, 15) is 4.79 Å². The Bertz CT molecular complexity index is 397. The molecule has 3 heteroatoms. The third-order valence-electron chi connectivity index (χ3n) is 1.98. The lowest BCUT2D eigenvalue weighted by molar-refractivity contribution is -0.114. The van der Waals surface area contributed by atoms with Crippen LogP contribution in [0.5, 0.6) is 5.75 Å². The number of methoxy groups -OCH3 is 1. The molecule has 0 aliphatic rings. The summed E-state index contributed by atoms with van der Waals surface area (Å²) >= 11 is 0. The first-order valence-corrected chi connectivity index (χ1v) is 4.66. The van der Waals surface area contributed by atoms with E-state index in [0.717, 1.165) is 16.8 Å².